The molecule has 2 aromatic carbocycles. The van der Waals surface area contributed by atoms with Crippen LogP contribution in [0.3, 0.4) is 0 Å². The highest BCUT2D eigenvalue weighted by atomic mass is 32.2. The zero-order valence-electron chi connectivity index (χ0n) is 27.3. The topological polar surface area (TPSA) is 178 Å². The summed E-state index contributed by atoms with van der Waals surface area (Å²) in [7, 11) is 0. The average Bonchev–Trinajstić information content (AvgIpc) is 3.39. The van der Waals surface area contributed by atoms with E-state index in [1.807, 2.05) is 44.2 Å². The highest BCUT2D eigenvalue weighted by Gasteiger charge is 2.58. The van der Waals surface area contributed by atoms with Gasteiger partial charge in [0.2, 0.25) is 5.91 Å². The van der Waals surface area contributed by atoms with Crippen LogP contribution in [0, 0.1) is 15.5 Å². The minimum absolute atomic E-state index is 0.0663. The number of carbonyl (C=O) groups excluding carboxylic acids is 2. The molecule has 4 rings (SSSR count). The first-order valence-corrected chi connectivity index (χ1v) is 16.6. The monoisotopic (exact) mass is 672 g/mol. The van der Waals surface area contributed by atoms with Crippen molar-refractivity contribution in [3.63, 3.8) is 0 Å². The lowest BCUT2D eigenvalue weighted by molar-refractivity contribution is -0.389. The Morgan fingerprint density at radius 2 is 1.77 bits per heavy atom. The summed E-state index contributed by atoms with van der Waals surface area (Å²) in [6, 6.07) is 12.8. The van der Waals surface area contributed by atoms with Crippen molar-refractivity contribution in [1.82, 2.24) is 16.1 Å². The van der Waals surface area contributed by atoms with Crippen molar-refractivity contribution < 1.29 is 38.7 Å². The molecule has 2 aromatic rings. The standard InChI is InChI=1S/C33H44N4O9S/c1-6-45-36-20(2)30(39)35-26-18-23(47-21(3)38)17-25(26)34-28(16-22-12-8-7-9-13-22)33(31(40)41)44-19-32(4,5)29(46-33)24-14-10-11-15-27(24)37(42)43/h7-15,20,23,25-26,28-29,34,36H,6,16-19H2,1-5H3,(H,35,39)(H,40,41)/t20-,23?,25?,26?,28-,29?,33?/m0/s1. The number of para-hydroxylation sites is 1. The number of nitro groups is 1. The van der Waals surface area contributed by atoms with Crippen molar-refractivity contribution in [2.45, 2.75) is 95.2 Å². The third-order valence-electron chi connectivity index (χ3n) is 8.51. The van der Waals surface area contributed by atoms with E-state index in [1.54, 1.807) is 32.0 Å². The number of aliphatic carboxylic acids is 1. The van der Waals surface area contributed by atoms with Gasteiger partial charge in [-0.15, -0.1) is 0 Å². The molecule has 5 unspecified atom stereocenters. The lowest BCUT2D eigenvalue weighted by Crippen LogP contribution is -2.67. The number of ether oxygens (including phenoxy) is 2. The Balaban J connectivity index is 1.74. The molecule has 4 N–H and O–H groups in total. The molecule has 0 spiro atoms. The first-order valence-electron chi connectivity index (χ1n) is 15.7. The molecule has 1 amide bonds. The van der Waals surface area contributed by atoms with Gasteiger partial charge in [0, 0.05) is 35.7 Å². The maximum absolute atomic E-state index is 13.4. The number of hydrogen-bond donors (Lipinski definition) is 4. The molecule has 0 radical (unpaired) electrons. The summed E-state index contributed by atoms with van der Waals surface area (Å²) in [4.78, 5) is 55.3. The molecule has 1 saturated heterocycles. The lowest BCUT2D eigenvalue weighted by Gasteiger charge is -2.49. The van der Waals surface area contributed by atoms with E-state index < -0.39 is 52.4 Å². The fourth-order valence-corrected chi connectivity index (χ4v) is 7.26. The number of hydroxylamine groups is 1. The SMILES string of the molecule is CCON[C@@H](C)C(=O)NC1CC(SC(C)=O)CC1N[C@@H](Cc1ccccc1)C1(C(=O)O)OCC(C)(C)C(c2ccccc2[N+](=O)[O-])O1. The Morgan fingerprint density at radius 3 is 2.40 bits per heavy atom. The quantitative estimate of drug-likeness (QED) is 0.168. The Kier molecular flexibility index (Phi) is 12.1. The Morgan fingerprint density at radius 1 is 1.11 bits per heavy atom. The van der Waals surface area contributed by atoms with Crippen LogP contribution in [0.25, 0.3) is 0 Å². The van der Waals surface area contributed by atoms with Crippen molar-refractivity contribution in [2.24, 2.45) is 5.41 Å². The van der Waals surface area contributed by atoms with Crippen LogP contribution < -0.4 is 16.1 Å². The summed E-state index contributed by atoms with van der Waals surface area (Å²) in [6.45, 7) is 8.85. The van der Waals surface area contributed by atoms with Crippen LogP contribution in [0.1, 0.15) is 64.7 Å². The first-order chi connectivity index (χ1) is 22.3. The number of amides is 1. The third kappa shape index (κ3) is 8.75. The summed E-state index contributed by atoms with van der Waals surface area (Å²) in [5.74, 6) is -3.99. The summed E-state index contributed by atoms with van der Waals surface area (Å²) in [5, 5.41) is 29.2. The fourth-order valence-electron chi connectivity index (χ4n) is 6.19. The maximum atomic E-state index is 13.4. The number of rotatable bonds is 14. The molecule has 1 aliphatic heterocycles. The van der Waals surface area contributed by atoms with Crippen LogP contribution in [0.5, 0.6) is 0 Å². The van der Waals surface area contributed by atoms with Gasteiger partial charge in [0.05, 0.1) is 29.7 Å². The van der Waals surface area contributed by atoms with Crippen molar-refractivity contribution in [3.8, 4) is 0 Å². The lowest BCUT2D eigenvalue weighted by atomic mass is 9.80. The van der Waals surface area contributed by atoms with Gasteiger partial charge in [0.15, 0.2) is 5.12 Å². The third-order valence-corrected chi connectivity index (χ3v) is 9.56. The molecule has 1 aliphatic carbocycles. The van der Waals surface area contributed by atoms with Crippen LogP contribution in [-0.4, -0.2) is 75.4 Å². The summed E-state index contributed by atoms with van der Waals surface area (Å²) >= 11 is 1.18. The van der Waals surface area contributed by atoms with E-state index in [0.29, 0.717) is 19.4 Å². The van der Waals surface area contributed by atoms with Gasteiger partial charge in [-0.3, -0.25) is 19.7 Å². The maximum Gasteiger partial charge on any atom is 0.366 e. The van der Waals surface area contributed by atoms with Gasteiger partial charge < -0.3 is 30.1 Å². The number of carbonyl (C=O) groups is 3. The van der Waals surface area contributed by atoms with Crippen molar-refractivity contribution >= 4 is 34.4 Å². The zero-order valence-corrected chi connectivity index (χ0v) is 28.1. The number of nitro benzene ring substituents is 1. The van der Waals surface area contributed by atoms with E-state index in [1.165, 1.54) is 24.8 Å². The van der Waals surface area contributed by atoms with Crippen LogP contribution in [0.4, 0.5) is 5.69 Å². The Labute approximate surface area is 278 Å². The van der Waals surface area contributed by atoms with E-state index in [-0.39, 0.29) is 40.6 Å². The van der Waals surface area contributed by atoms with E-state index in [9.17, 15) is 29.6 Å². The van der Waals surface area contributed by atoms with E-state index in [4.69, 9.17) is 14.3 Å². The summed E-state index contributed by atoms with van der Waals surface area (Å²) in [6.07, 6.45) is 0.0457. The molecular weight excluding hydrogens is 628 g/mol. The van der Waals surface area contributed by atoms with Gasteiger partial charge in [0.25, 0.3) is 11.5 Å². The van der Waals surface area contributed by atoms with Gasteiger partial charge in [0.1, 0.15) is 12.1 Å². The van der Waals surface area contributed by atoms with Gasteiger partial charge >= 0.3 is 5.97 Å². The molecule has 1 saturated carbocycles. The minimum atomic E-state index is -2.27. The number of carboxylic acid groups (broad SMARTS) is 1. The molecule has 2 aliphatic rings. The van der Waals surface area contributed by atoms with Crippen LogP contribution in [0.15, 0.2) is 54.6 Å². The highest BCUT2D eigenvalue weighted by molar-refractivity contribution is 8.14. The highest BCUT2D eigenvalue weighted by Crippen LogP contribution is 2.48. The Hall–Kier alpha value is -3.40. The largest absolute Gasteiger partial charge is 0.477 e. The predicted molar refractivity (Wildman–Crippen MR) is 175 cm³/mol. The Bertz CT molecular complexity index is 1430. The number of benzene rings is 2. The number of hydrogen-bond acceptors (Lipinski definition) is 11. The predicted octanol–water partition coefficient (Wildman–Crippen LogP) is 3.92. The number of nitrogens with zero attached hydrogens (tertiary/aromatic N) is 1. The summed E-state index contributed by atoms with van der Waals surface area (Å²) in [5.41, 5.74) is 2.72. The normalized spacial score (nSPS) is 26.7. The molecule has 14 heteroatoms. The fraction of sp³-hybridized carbons (Fsp3) is 0.545. The van der Waals surface area contributed by atoms with Crippen LogP contribution in [-0.2, 0) is 35.1 Å². The van der Waals surface area contributed by atoms with Crippen LogP contribution in [0.2, 0.25) is 0 Å². The van der Waals surface area contributed by atoms with E-state index in [2.05, 4.69) is 16.1 Å². The van der Waals surface area contributed by atoms with Crippen molar-refractivity contribution in [1.29, 1.82) is 0 Å². The first kappa shape index (κ1) is 36.4. The van der Waals surface area contributed by atoms with Gasteiger partial charge in [-0.05, 0) is 44.7 Å². The molecule has 13 nitrogen and oxygen atoms in total. The molecule has 256 valence electrons. The van der Waals surface area contributed by atoms with Gasteiger partial charge in [-0.1, -0.05) is 68.1 Å². The van der Waals surface area contributed by atoms with Crippen molar-refractivity contribution in [2.75, 3.05) is 13.2 Å². The number of nitrogens with one attached hydrogen (secondary N) is 3. The second-order valence-corrected chi connectivity index (χ2v) is 14.1. The molecule has 0 bridgehead atoms. The van der Waals surface area contributed by atoms with Crippen LogP contribution >= 0.6 is 11.8 Å². The number of thioether (sulfide) groups is 1. The average molecular weight is 673 g/mol. The molecule has 1 heterocycles. The zero-order chi connectivity index (χ0) is 34.4. The second kappa shape index (κ2) is 15.7. The molecule has 2 fully saturated rings. The van der Waals surface area contributed by atoms with Gasteiger partial charge in [-0.25, -0.2) is 4.79 Å². The van der Waals surface area contributed by atoms with Crippen molar-refractivity contribution in [3.05, 3.63) is 75.8 Å². The minimum Gasteiger partial charge on any atom is -0.477 e. The second-order valence-electron chi connectivity index (χ2n) is 12.7. The molecule has 0 aromatic heterocycles. The molecule has 7 atom stereocenters. The van der Waals surface area contributed by atoms with E-state index in [0.717, 1.165) is 5.56 Å². The smallest absolute Gasteiger partial charge is 0.366 e. The molecule has 47 heavy (non-hydrogen) atoms. The van der Waals surface area contributed by atoms with E-state index >= 15 is 0 Å². The van der Waals surface area contributed by atoms with Gasteiger partial charge in [-0.2, -0.15) is 5.48 Å². The summed E-state index contributed by atoms with van der Waals surface area (Å²) < 4.78 is 12.7. The molecular formula is C33H44N4O9S. The number of carboxylic acids is 1.